The van der Waals surface area contributed by atoms with Gasteiger partial charge in [-0.15, -0.1) is 0 Å². The number of carbonyl (C=O) groups is 1. The maximum absolute atomic E-state index is 11.1. The lowest BCUT2D eigenvalue weighted by molar-refractivity contribution is -0.0603. The predicted octanol–water partition coefficient (Wildman–Crippen LogP) is 5.16. The summed E-state index contributed by atoms with van der Waals surface area (Å²) < 4.78 is 5.44. The number of carboxylic acid groups (broad SMARTS) is 1. The molecule has 32 heavy (non-hydrogen) atoms. The standard InChI is InChI=1S/C26H39N3O3/c1-3-32-10-4-9-27-25(29-23-7-5-22(6-8-23)24(30)31)28-18(2)14-26-15-19-11-20(16-26)13-21(12-19)17-26/h5-8,18-21H,3-4,9-17H2,1-2H3,(H,30,31)(H2,27,28,29)/t18-,19?,20?,21?,26?/m1/s1. The molecule has 0 saturated heterocycles. The summed E-state index contributed by atoms with van der Waals surface area (Å²) in [5.41, 5.74) is 1.65. The van der Waals surface area contributed by atoms with E-state index in [4.69, 9.17) is 14.8 Å². The fourth-order valence-corrected chi connectivity index (χ4v) is 6.93. The van der Waals surface area contributed by atoms with Crippen molar-refractivity contribution in [3.63, 3.8) is 0 Å². The fraction of sp³-hybridized carbons (Fsp3) is 0.692. The van der Waals surface area contributed by atoms with Gasteiger partial charge in [0.25, 0.3) is 0 Å². The van der Waals surface area contributed by atoms with Crippen molar-refractivity contribution in [2.24, 2.45) is 28.2 Å². The number of hydrogen-bond donors (Lipinski definition) is 3. The number of carboxylic acids is 1. The van der Waals surface area contributed by atoms with Gasteiger partial charge in [-0.25, -0.2) is 4.79 Å². The Morgan fingerprint density at radius 1 is 1.16 bits per heavy atom. The van der Waals surface area contributed by atoms with Crippen molar-refractivity contribution in [1.82, 2.24) is 5.32 Å². The number of nitrogens with one attached hydrogen (secondary N) is 2. The SMILES string of the molecule is CCOCCCN=C(Nc1ccc(C(=O)O)cc1)N[C@H](C)CC12CC3CC(CC(C3)C1)C2. The highest BCUT2D eigenvalue weighted by Gasteiger charge is 2.51. The van der Waals surface area contributed by atoms with Gasteiger partial charge in [-0.2, -0.15) is 0 Å². The van der Waals surface area contributed by atoms with Crippen LogP contribution in [0.3, 0.4) is 0 Å². The van der Waals surface area contributed by atoms with Crippen molar-refractivity contribution < 1.29 is 14.6 Å². The van der Waals surface area contributed by atoms with E-state index < -0.39 is 5.97 Å². The van der Waals surface area contributed by atoms with Crippen LogP contribution in [0.5, 0.6) is 0 Å². The Labute approximate surface area is 192 Å². The van der Waals surface area contributed by atoms with Crippen molar-refractivity contribution in [1.29, 1.82) is 0 Å². The Balaban J connectivity index is 1.38. The fourth-order valence-electron chi connectivity index (χ4n) is 6.93. The van der Waals surface area contributed by atoms with Crippen molar-refractivity contribution in [3.8, 4) is 0 Å². The molecule has 0 amide bonds. The van der Waals surface area contributed by atoms with Crippen LogP contribution in [0.1, 0.15) is 75.6 Å². The molecule has 0 aromatic heterocycles. The smallest absolute Gasteiger partial charge is 0.335 e. The van der Waals surface area contributed by atoms with E-state index >= 15 is 0 Å². The zero-order valence-electron chi connectivity index (χ0n) is 19.6. The van der Waals surface area contributed by atoms with Gasteiger partial charge in [0.2, 0.25) is 0 Å². The molecule has 0 radical (unpaired) electrons. The minimum Gasteiger partial charge on any atom is -0.478 e. The second-order valence-electron chi connectivity index (χ2n) is 10.5. The predicted molar refractivity (Wildman–Crippen MR) is 128 cm³/mol. The van der Waals surface area contributed by atoms with Crippen molar-refractivity contribution >= 4 is 17.6 Å². The van der Waals surface area contributed by atoms with E-state index in [2.05, 4.69) is 17.6 Å². The molecule has 4 fully saturated rings. The zero-order valence-corrected chi connectivity index (χ0v) is 19.6. The van der Waals surface area contributed by atoms with Crippen LogP contribution in [0.2, 0.25) is 0 Å². The van der Waals surface area contributed by atoms with E-state index in [9.17, 15) is 4.79 Å². The highest BCUT2D eigenvalue weighted by Crippen LogP contribution is 2.61. The number of benzene rings is 1. The van der Waals surface area contributed by atoms with Gasteiger partial charge in [0.1, 0.15) is 0 Å². The van der Waals surface area contributed by atoms with Gasteiger partial charge in [-0.3, -0.25) is 4.99 Å². The molecule has 0 heterocycles. The molecule has 4 aliphatic rings. The lowest BCUT2D eigenvalue weighted by atomic mass is 9.48. The Hall–Kier alpha value is -2.08. The van der Waals surface area contributed by atoms with Gasteiger partial charge in [0, 0.05) is 31.5 Å². The average molecular weight is 442 g/mol. The molecule has 176 valence electrons. The molecular formula is C26H39N3O3. The first-order valence-corrected chi connectivity index (χ1v) is 12.4. The molecule has 1 atom stereocenters. The largest absolute Gasteiger partial charge is 0.478 e. The van der Waals surface area contributed by atoms with E-state index in [0.717, 1.165) is 42.4 Å². The summed E-state index contributed by atoms with van der Waals surface area (Å²) in [6, 6.07) is 7.17. The van der Waals surface area contributed by atoms with Crippen LogP contribution in [0, 0.1) is 23.2 Å². The molecule has 4 bridgehead atoms. The molecule has 1 aromatic rings. The van der Waals surface area contributed by atoms with Crippen LogP contribution < -0.4 is 10.6 Å². The number of anilines is 1. The highest BCUT2D eigenvalue weighted by atomic mass is 16.5. The quantitative estimate of drug-likeness (QED) is 0.265. The third-order valence-electron chi connectivity index (χ3n) is 7.60. The Kier molecular flexibility index (Phi) is 7.39. The lowest BCUT2D eigenvalue weighted by Gasteiger charge is -2.57. The van der Waals surface area contributed by atoms with Gasteiger partial charge < -0.3 is 20.5 Å². The first kappa shape index (κ1) is 23.1. The van der Waals surface area contributed by atoms with Crippen LogP contribution in [0.15, 0.2) is 29.3 Å². The number of aliphatic imine (C=N–C) groups is 1. The van der Waals surface area contributed by atoms with E-state index in [0.29, 0.717) is 24.6 Å². The molecule has 3 N–H and O–H groups in total. The summed E-state index contributed by atoms with van der Waals surface area (Å²) in [7, 11) is 0. The molecule has 1 aromatic carbocycles. The minimum atomic E-state index is -0.913. The van der Waals surface area contributed by atoms with Crippen LogP contribution >= 0.6 is 0 Å². The van der Waals surface area contributed by atoms with Gasteiger partial charge in [-0.1, -0.05) is 0 Å². The number of guanidine groups is 1. The van der Waals surface area contributed by atoms with E-state index in [1.807, 2.05) is 6.92 Å². The second kappa shape index (κ2) is 10.2. The molecular weight excluding hydrogens is 402 g/mol. The van der Waals surface area contributed by atoms with Crippen LogP contribution in [-0.4, -0.2) is 42.8 Å². The maximum atomic E-state index is 11.1. The van der Waals surface area contributed by atoms with Crippen LogP contribution in [0.25, 0.3) is 0 Å². The van der Waals surface area contributed by atoms with Gasteiger partial charge in [0.05, 0.1) is 5.56 Å². The lowest BCUT2D eigenvalue weighted by Crippen LogP contribution is -2.49. The number of hydrogen-bond acceptors (Lipinski definition) is 3. The molecule has 0 aliphatic heterocycles. The molecule has 6 nitrogen and oxygen atoms in total. The summed E-state index contributed by atoms with van der Waals surface area (Å²) in [4.78, 5) is 15.9. The van der Waals surface area contributed by atoms with Crippen molar-refractivity contribution in [3.05, 3.63) is 29.8 Å². The summed E-state index contributed by atoms with van der Waals surface area (Å²) >= 11 is 0. The number of ether oxygens (including phenoxy) is 1. The first-order valence-electron chi connectivity index (χ1n) is 12.4. The number of aromatic carboxylic acids is 1. The summed E-state index contributed by atoms with van der Waals surface area (Å²) in [5.74, 6) is 2.74. The highest BCUT2D eigenvalue weighted by molar-refractivity contribution is 5.94. The third kappa shape index (κ3) is 5.83. The average Bonchev–Trinajstić information content (AvgIpc) is 2.72. The summed E-state index contributed by atoms with van der Waals surface area (Å²) in [6.07, 6.45) is 10.7. The monoisotopic (exact) mass is 441 g/mol. The Morgan fingerprint density at radius 2 is 1.78 bits per heavy atom. The van der Waals surface area contributed by atoms with Gasteiger partial charge in [-0.05, 0) is 113 Å². The topological polar surface area (TPSA) is 83.0 Å². The van der Waals surface area contributed by atoms with Crippen molar-refractivity contribution in [2.45, 2.75) is 71.3 Å². The zero-order chi connectivity index (χ0) is 22.6. The third-order valence-corrected chi connectivity index (χ3v) is 7.60. The molecule has 6 heteroatoms. The Morgan fingerprint density at radius 3 is 2.34 bits per heavy atom. The molecule has 0 unspecified atom stereocenters. The maximum Gasteiger partial charge on any atom is 0.335 e. The number of rotatable bonds is 10. The normalized spacial score (nSPS) is 29.7. The summed E-state index contributed by atoms with van der Waals surface area (Å²) in [5, 5.41) is 16.2. The van der Waals surface area contributed by atoms with E-state index in [1.54, 1.807) is 24.3 Å². The van der Waals surface area contributed by atoms with Crippen LogP contribution in [-0.2, 0) is 4.74 Å². The molecule has 0 spiro atoms. The van der Waals surface area contributed by atoms with Gasteiger partial charge >= 0.3 is 5.97 Å². The van der Waals surface area contributed by atoms with E-state index in [1.165, 1.54) is 44.9 Å². The molecule has 5 rings (SSSR count). The number of nitrogens with zero attached hydrogens (tertiary/aromatic N) is 1. The van der Waals surface area contributed by atoms with E-state index in [-0.39, 0.29) is 5.56 Å². The first-order chi connectivity index (χ1) is 15.4. The van der Waals surface area contributed by atoms with Crippen LogP contribution in [0.4, 0.5) is 5.69 Å². The Bertz CT molecular complexity index is 770. The van der Waals surface area contributed by atoms with Gasteiger partial charge in [0.15, 0.2) is 5.96 Å². The second-order valence-corrected chi connectivity index (χ2v) is 10.5. The van der Waals surface area contributed by atoms with Crippen molar-refractivity contribution in [2.75, 3.05) is 25.1 Å². The minimum absolute atomic E-state index is 0.286. The molecule has 4 aliphatic carbocycles. The molecule has 4 saturated carbocycles. The summed E-state index contributed by atoms with van der Waals surface area (Å²) in [6.45, 7) is 6.41.